The number of nitrogens with zero attached hydrogens (tertiary/aromatic N) is 1. The van der Waals surface area contributed by atoms with Crippen LogP contribution in [-0.4, -0.2) is 5.84 Å². The standard InChI is InChI=1S/C13H18N4/c1-10(17-11(2)14)8-13(15)16-9-12-6-4-3-5-7-12/h3-8,17H,2,9,14H2,1H3,(H2,15,16). The highest BCUT2D eigenvalue weighted by Gasteiger charge is 1.92. The smallest absolute Gasteiger partial charge is 0.120 e. The van der Waals surface area contributed by atoms with Crippen molar-refractivity contribution >= 4 is 5.84 Å². The maximum absolute atomic E-state index is 5.76. The molecule has 0 saturated heterocycles. The average molecular weight is 230 g/mol. The third-order valence-electron chi connectivity index (χ3n) is 2.01. The van der Waals surface area contributed by atoms with E-state index < -0.39 is 0 Å². The molecule has 4 heteroatoms. The first kappa shape index (κ1) is 12.8. The predicted octanol–water partition coefficient (Wildman–Crippen LogP) is 1.47. The van der Waals surface area contributed by atoms with Crippen molar-refractivity contribution in [2.24, 2.45) is 16.5 Å². The maximum atomic E-state index is 5.76. The van der Waals surface area contributed by atoms with E-state index in [2.05, 4.69) is 16.9 Å². The molecule has 0 atom stereocenters. The fourth-order valence-corrected chi connectivity index (χ4v) is 1.32. The number of allylic oxidation sites excluding steroid dienone is 1. The first-order chi connectivity index (χ1) is 8.08. The number of hydrogen-bond donors (Lipinski definition) is 3. The summed E-state index contributed by atoms with van der Waals surface area (Å²) in [6.45, 7) is 5.96. The molecular formula is C13H18N4. The van der Waals surface area contributed by atoms with Crippen LogP contribution in [0.5, 0.6) is 0 Å². The summed E-state index contributed by atoms with van der Waals surface area (Å²) < 4.78 is 0. The zero-order chi connectivity index (χ0) is 12.7. The minimum atomic E-state index is 0.384. The SMILES string of the molecule is C=C(N)NC(C)=CC(N)=NCc1ccccc1. The highest BCUT2D eigenvalue weighted by atomic mass is 15.0. The molecule has 0 spiro atoms. The molecule has 0 aliphatic heterocycles. The van der Waals surface area contributed by atoms with Gasteiger partial charge in [0.05, 0.1) is 12.4 Å². The summed E-state index contributed by atoms with van der Waals surface area (Å²) in [4.78, 5) is 4.25. The van der Waals surface area contributed by atoms with E-state index in [-0.39, 0.29) is 0 Å². The van der Waals surface area contributed by atoms with Gasteiger partial charge in [0, 0.05) is 5.70 Å². The first-order valence-corrected chi connectivity index (χ1v) is 5.31. The summed E-state index contributed by atoms with van der Waals surface area (Å²) in [6.07, 6.45) is 1.72. The molecule has 0 aliphatic carbocycles. The average Bonchev–Trinajstić information content (AvgIpc) is 2.26. The largest absolute Gasteiger partial charge is 0.386 e. The van der Waals surface area contributed by atoms with E-state index in [1.807, 2.05) is 37.3 Å². The molecule has 5 N–H and O–H groups in total. The van der Waals surface area contributed by atoms with Crippen molar-refractivity contribution in [2.45, 2.75) is 13.5 Å². The fraction of sp³-hybridized carbons (Fsp3) is 0.154. The highest BCUT2D eigenvalue weighted by molar-refractivity contribution is 5.91. The Labute approximate surface area is 102 Å². The van der Waals surface area contributed by atoms with Crippen molar-refractivity contribution in [3.05, 3.63) is 60.1 Å². The molecule has 17 heavy (non-hydrogen) atoms. The summed E-state index contributed by atoms with van der Waals surface area (Å²) in [7, 11) is 0. The van der Waals surface area contributed by atoms with Crippen LogP contribution in [0.2, 0.25) is 0 Å². The van der Waals surface area contributed by atoms with Crippen molar-refractivity contribution < 1.29 is 0 Å². The van der Waals surface area contributed by atoms with E-state index in [1.54, 1.807) is 6.08 Å². The third kappa shape index (κ3) is 5.41. The normalized spacial score (nSPS) is 12.3. The van der Waals surface area contributed by atoms with Crippen LogP contribution in [0, 0.1) is 0 Å². The van der Waals surface area contributed by atoms with Crippen molar-refractivity contribution in [1.29, 1.82) is 0 Å². The Kier molecular flexibility index (Phi) is 4.81. The number of aliphatic imine (C=N–C) groups is 1. The van der Waals surface area contributed by atoms with Gasteiger partial charge in [-0.3, -0.25) is 4.99 Å². The molecule has 90 valence electrons. The molecular weight excluding hydrogens is 212 g/mol. The molecule has 0 bridgehead atoms. The Morgan fingerprint density at radius 2 is 2.00 bits per heavy atom. The number of nitrogens with one attached hydrogen (secondary N) is 1. The summed E-state index contributed by atoms with van der Waals surface area (Å²) in [6, 6.07) is 9.93. The van der Waals surface area contributed by atoms with Gasteiger partial charge in [0.2, 0.25) is 0 Å². The van der Waals surface area contributed by atoms with Gasteiger partial charge in [-0.05, 0) is 18.6 Å². The molecule has 0 saturated carbocycles. The number of benzene rings is 1. The van der Waals surface area contributed by atoms with E-state index in [0.29, 0.717) is 18.2 Å². The molecule has 4 nitrogen and oxygen atoms in total. The summed E-state index contributed by atoms with van der Waals surface area (Å²) in [5.41, 5.74) is 13.1. The van der Waals surface area contributed by atoms with Crippen LogP contribution in [0.25, 0.3) is 0 Å². The van der Waals surface area contributed by atoms with Crippen molar-refractivity contribution in [3.8, 4) is 0 Å². The number of rotatable bonds is 5. The molecule has 1 aromatic carbocycles. The number of amidine groups is 1. The van der Waals surface area contributed by atoms with E-state index in [4.69, 9.17) is 11.5 Å². The van der Waals surface area contributed by atoms with E-state index in [0.717, 1.165) is 11.3 Å². The Morgan fingerprint density at radius 1 is 1.35 bits per heavy atom. The van der Waals surface area contributed by atoms with Crippen LogP contribution in [0.4, 0.5) is 0 Å². The molecule has 0 aliphatic rings. The summed E-state index contributed by atoms with van der Waals surface area (Å²) in [5, 5.41) is 2.86. The molecule has 0 amide bonds. The zero-order valence-corrected chi connectivity index (χ0v) is 9.98. The second-order valence-electron chi connectivity index (χ2n) is 3.70. The summed E-state index contributed by atoms with van der Waals surface area (Å²) in [5.74, 6) is 0.842. The first-order valence-electron chi connectivity index (χ1n) is 5.31. The van der Waals surface area contributed by atoms with Gasteiger partial charge in [-0.15, -0.1) is 0 Å². The Hall–Kier alpha value is -2.23. The van der Waals surface area contributed by atoms with Gasteiger partial charge in [-0.2, -0.15) is 0 Å². The Bertz CT molecular complexity index is 432. The lowest BCUT2D eigenvalue weighted by Crippen LogP contribution is -2.19. The molecule has 0 radical (unpaired) electrons. The van der Waals surface area contributed by atoms with Crippen LogP contribution >= 0.6 is 0 Å². The van der Waals surface area contributed by atoms with E-state index >= 15 is 0 Å². The number of nitrogens with two attached hydrogens (primary N) is 2. The monoisotopic (exact) mass is 230 g/mol. The maximum Gasteiger partial charge on any atom is 0.120 e. The molecule has 1 aromatic rings. The number of hydrogen-bond acceptors (Lipinski definition) is 3. The van der Waals surface area contributed by atoms with Gasteiger partial charge in [0.25, 0.3) is 0 Å². The van der Waals surface area contributed by atoms with Crippen LogP contribution in [0.3, 0.4) is 0 Å². The second kappa shape index (κ2) is 6.37. The van der Waals surface area contributed by atoms with Crippen molar-refractivity contribution in [2.75, 3.05) is 0 Å². The minimum Gasteiger partial charge on any atom is -0.386 e. The summed E-state index contributed by atoms with van der Waals surface area (Å²) >= 11 is 0. The second-order valence-corrected chi connectivity index (χ2v) is 3.70. The van der Waals surface area contributed by atoms with Crippen molar-refractivity contribution in [1.82, 2.24) is 5.32 Å². The molecule has 0 fully saturated rings. The highest BCUT2D eigenvalue weighted by Crippen LogP contribution is 2.00. The van der Waals surface area contributed by atoms with Crippen molar-refractivity contribution in [3.63, 3.8) is 0 Å². The predicted molar refractivity (Wildman–Crippen MR) is 72.0 cm³/mol. The quantitative estimate of drug-likeness (QED) is 0.529. The van der Waals surface area contributed by atoms with Crippen LogP contribution in [-0.2, 0) is 6.54 Å². The van der Waals surface area contributed by atoms with Crippen LogP contribution in [0.15, 0.2) is 59.5 Å². The fourth-order valence-electron chi connectivity index (χ4n) is 1.32. The minimum absolute atomic E-state index is 0.384. The van der Waals surface area contributed by atoms with Crippen LogP contribution < -0.4 is 16.8 Å². The Balaban J connectivity index is 2.58. The van der Waals surface area contributed by atoms with Gasteiger partial charge in [-0.1, -0.05) is 36.9 Å². The van der Waals surface area contributed by atoms with Gasteiger partial charge >= 0.3 is 0 Å². The molecule has 0 aromatic heterocycles. The van der Waals surface area contributed by atoms with E-state index in [9.17, 15) is 0 Å². The van der Waals surface area contributed by atoms with E-state index in [1.165, 1.54) is 0 Å². The lowest BCUT2D eigenvalue weighted by atomic mass is 10.2. The van der Waals surface area contributed by atoms with Crippen LogP contribution in [0.1, 0.15) is 12.5 Å². The van der Waals surface area contributed by atoms with Gasteiger partial charge in [0.15, 0.2) is 0 Å². The lowest BCUT2D eigenvalue weighted by Gasteiger charge is -2.04. The molecule has 0 heterocycles. The zero-order valence-electron chi connectivity index (χ0n) is 9.98. The van der Waals surface area contributed by atoms with Gasteiger partial charge in [-0.25, -0.2) is 0 Å². The Morgan fingerprint density at radius 3 is 2.59 bits per heavy atom. The lowest BCUT2D eigenvalue weighted by molar-refractivity contribution is 0.954. The van der Waals surface area contributed by atoms with Gasteiger partial charge in [0.1, 0.15) is 5.84 Å². The molecule has 1 rings (SSSR count). The topological polar surface area (TPSA) is 76.4 Å². The molecule has 0 unspecified atom stereocenters. The third-order valence-corrected chi connectivity index (χ3v) is 2.01. The van der Waals surface area contributed by atoms with Gasteiger partial charge < -0.3 is 16.8 Å².